The van der Waals surface area contributed by atoms with Crippen LogP contribution in [-0.4, -0.2) is 0 Å². The lowest BCUT2D eigenvalue weighted by Gasteiger charge is -2.37. The number of benzene rings is 1. The van der Waals surface area contributed by atoms with E-state index in [9.17, 15) is 0 Å². The van der Waals surface area contributed by atoms with E-state index in [1.165, 1.54) is 41.5 Å². The van der Waals surface area contributed by atoms with Crippen molar-refractivity contribution in [2.24, 2.45) is 23.6 Å². The first-order valence-electron chi connectivity index (χ1n) is 7.98. The summed E-state index contributed by atoms with van der Waals surface area (Å²) in [4.78, 5) is 0. The van der Waals surface area contributed by atoms with Crippen LogP contribution in [0.2, 0.25) is 0 Å². The summed E-state index contributed by atoms with van der Waals surface area (Å²) in [6.45, 7) is 11.4. The van der Waals surface area contributed by atoms with E-state index in [0.29, 0.717) is 12.0 Å². The Morgan fingerprint density at radius 1 is 1.05 bits per heavy atom. The predicted molar refractivity (Wildman–Crippen MR) is 86.4 cm³/mol. The van der Waals surface area contributed by atoms with Gasteiger partial charge in [0.1, 0.15) is 0 Å². The molecule has 2 nitrogen and oxygen atoms in total. The molecule has 0 spiro atoms. The highest BCUT2D eigenvalue weighted by molar-refractivity contribution is 5.40. The molecule has 2 rings (SSSR count). The van der Waals surface area contributed by atoms with Crippen LogP contribution in [-0.2, 0) is 0 Å². The van der Waals surface area contributed by atoms with Gasteiger partial charge in [0.2, 0.25) is 0 Å². The number of aryl methyl sites for hydroxylation is 3. The van der Waals surface area contributed by atoms with Gasteiger partial charge in [-0.05, 0) is 68.1 Å². The Bertz CT molecular complexity index is 443. The molecular formula is C18H30N2. The molecule has 0 heterocycles. The predicted octanol–water partition coefficient (Wildman–Crippen LogP) is 4.19. The maximum atomic E-state index is 5.94. The molecule has 1 aromatic carbocycles. The molecule has 0 saturated heterocycles. The Labute approximate surface area is 124 Å². The summed E-state index contributed by atoms with van der Waals surface area (Å²) in [6, 6.07) is 4.86. The molecule has 1 aliphatic rings. The van der Waals surface area contributed by atoms with Gasteiger partial charge >= 0.3 is 0 Å². The molecule has 4 unspecified atom stereocenters. The number of rotatable bonds is 3. The standard InChI is InChI=1S/C18H30N2/c1-11-8-14(4)17(15(5)9-11)18(20-19)16-7-6-12(2)13(3)10-16/h8-9,12-13,16,18,20H,6-7,10,19H2,1-5H3. The van der Waals surface area contributed by atoms with Gasteiger partial charge in [-0.25, -0.2) is 0 Å². The van der Waals surface area contributed by atoms with Crippen molar-refractivity contribution in [3.8, 4) is 0 Å². The van der Waals surface area contributed by atoms with Crippen LogP contribution in [0.25, 0.3) is 0 Å². The van der Waals surface area contributed by atoms with E-state index < -0.39 is 0 Å². The average Bonchev–Trinajstić information content (AvgIpc) is 2.37. The van der Waals surface area contributed by atoms with Crippen LogP contribution in [0.4, 0.5) is 0 Å². The van der Waals surface area contributed by atoms with E-state index in [1.54, 1.807) is 0 Å². The Morgan fingerprint density at radius 2 is 1.65 bits per heavy atom. The highest BCUT2D eigenvalue weighted by Crippen LogP contribution is 2.41. The number of nitrogens with one attached hydrogen (secondary N) is 1. The molecule has 1 aliphatic carbocycles. The minimum atomic E-state index is 0.297. The number of hydrazine groups is 1. The fraction of sp³-hybridized carbons (Fsp3) is 0.667. The van der Waals surface area contributed by atoms with Gasteiger partial charge in [0.15, 0.2) is 0 Å². The third kappa shape index (κ3) is 3.07. The van der Waals surface area contributed by atoms with Crippen LogP contribution in [0, 0.1) is 38.5 Å². The lowest BCUT2D eigenvalue weighted by atomic mass is 9.71. The summed E-state index contributed by atoms with van der Waals surface area (Å²) >= 11 is 0. The molecule has 4 atom stereocenters. The highest BCUT2D eigenvalue weighted by atomic mass is 15.2. The molecule has 3 N–H and O–H groups in total. The maximum absolute atomic E-state index is 5.94. The minimum Gasteiger partial charge on any atom is -0.271 e. The summed E-state index contributed by atoms with van der Waals surface area (Å²) in [5, 5.41) is 0. The van der Waals surface area contributed by atoms with Crippen molar-refractivity contribution in [1.82, 2.24) is 5.43 Å². The van der Waals surface area contributed by atoms with Gasteiger partial charge in [0.25, 0.3) is 0 Å². The second-order valence-corrected chi connectivity index (χ2v) is 6.98. The van der Waals surface area contributed by atoms with E-state index in [4.69, 9.17) is 5.84 Å². The zero-order chi connectivity index (χ0) is 14.9. The normalized spacial score (nSPS) is 28.4. The molecule has 1 fully saturated rings. The van der Waals surface area contributed by atoms with E-state index in [2.05, 4.69) is 52.2 Å². The van der Waals surface area contributed by atoms with Crippen molar-refractivity contribution in [3.63, 3.8) is 0 Å². The number of nitrogens with two attached hydrogens (primary N) is 1. The largest absolute Gasteiger partial charge is 0.271 e. The van der Waals surface area contributed by atoms with Gasteiger partial charge in [0, 0.05) is 6.04 Å². The second kappa shape index (κ2) is 6.28. The first-order valence-corrected chi connectivity index (χ1v) is 7.98. The fourth-order valence-electron chi connectivity index (χ4n) is 4.03. The van der Waals surface area contributed by atoms with Crippen LogP contribution < -0.4 is 11.3 Å². The van der Waals surface area contributed by atoms with Crippen molar-refractivity contribution < 1.29 is 0 Å². The summed E-state index contributed by atoms with van der Waals surface area (Å²) in [5.74, 6) is 8.25. The maximum Gasteiger partial charge on any atom is 0.0493 e. The molecule has 0 amide bonds. The van der Waals surface area contributed by atoms with Gasteiger partial charge < -0.3 is 0 Å². The fourth-order valence-corrected chi connectivity index (χ4v) is 4.03. The lowest BCUT2D eigenvalue weighted by Crippen LogP contribution is -2.37. The van der Waals surface area contributed by atoms with E-state index in [1.807, 2.05) is 0 Å². The Morgan fingerprint density at radius 3 is 2.15 bits per heavy atom. The average molecular weight is 274 g/mol. The molecule has 1 saturated carbocycles. The smallest absolute Gasteiger partial charge is 0.0493 e. The third-order valence-corrected chi connectivity index (χ3v) is 5.34. The SMILES string of the molecule is Cc1cc(C)c(C(NN)C2CCC(C)C(C)C2)c(C)c1. The van der Waals surface area contributed by atoms with Gasteiger partial charge in [-0.3, -0.25) is 11.3 Å². The Balaban J connectivity index is 2.29. The second-order valence-electron chi connectivity index (χ2n) is 6.98. The van der Waals surface area contributed by atoms with E-state index >= 15 is 0 Å². The molecule has 1 aromatic rings. The van der Waals surface area contributed by atoms with Crippen molar-refractivity contribution >= 4 is 0 Å². The number of hydrogen-bond acceptors (Lipinski definition) is 2. The van der Waals surface area contributed by atoms with Gasteiger partial charge in [-0.1, -0.05) is 38.0 Å². The van der Waals surface area contributed by atoms with Crippen LogP contribution in [0.15, 0.2) is 12.1 Å². The molecule has 2 heteroatoms. The Hall–Kier alpha value is -0.860. The van der Waals surface area contributed by atoms with Crippen molar-refractivity contribution in [3.05, 3.63) is 34.4 Å². The molecular weight excluding hydrogens is 244 g/mol. The van der Waals surface area contributed by atoms with Crippen LogP contribution in [0.5, 0.6) is 0 Å². The van der Waals surface area contributed by atoms with Gasteiger partial charge in [-0.15, -0.1) is 0 Å². The zero-order valence-corrected chi connectivity index (χ0v) is 13.7. The zero-order valence-electron chi connectivity index (χ0n) is 13.7. The van der Waals surface area contributed by atoms with Crippen molar-refractivity contribution in [2.45, 2.75) is 59.9 Å². The van der Waals surface area contributed by atoms with Crippen LogP contribution in [0.1, 0.15) is 61.4 Å². The minimum absolute atomic E-state index is 0.297. The van der Waals surface area contributed by atoms with Gasteiger partial charge in [-0.2, -0.15) is 0 Å². The summed E-state index contributed by atoms with van der Waals surface area (Å²) in [6.07, 6.45) is 3.89. The molecule has 0 bridgehead atoms. The van der Waals surface area contributed by atoms with E-state index in [0.717, 1.165) is 11.8 Å². The summed E-state index contributed by atoms with van der Waals surface area (Å²) < 4.78 is 0. The van der Waals surface area contributed by atoms with Gasteiger partial charge in [0.05, 0.1) is 0 Å². The molecule has 20 heavy (non-hydrogen) atoms. The van der Waals surface area contributed by atoms with Crippen LogP contribution >= 0.6 is 0 Å². The lowest BCUT2D eigenvalue weighted by molar-refractivity contribution is 0.171. The monoisotopic (exact) mass is 274 g/mol. The summed E-state index contributed by atoms with van der Waals surface area (Å²) in [7, 11) is 0. The van der Waals surface area contributed by atoms with E-state index in [-0.39, 0.29) is 0 Å². The first-order chi connectivity index (χ1) is 9.43. The quantitative estimate of drug-likeness (QED) is 0.640. The first kappa shape index (κ1) is 15.5. The molecule has 0 aliphatic heterocycles. The molecule has 0 aromatic heterocycles. The van der Waals surface area contributed by atoms with Crippen LogP contribution in [0.3, 0.4) is 0 Å². The topological polar surface area (TPSA) is 38.0 Å². The Kier molecular flexibility index (Phi) is 4.87. The third-order valence-electron chi connectivity index (χ3n) is 5.34. The van der Waals surface area contributed by atoms with Crippen molar-refractivity contribution in [1.29, 1.82) is 0 Å². The number of hydrogen-bond donors (Lipinski definition) is 2. The molecule has 112 valence electrons. The van der Waals surface area contributed by atoms with Crippen molar-refractivity contribution in [2.75, 3.05) is 0 Å². The molecule has 0 radical (unpaired) electrons. The summed E-state index contributed by atoms with van der Waals surface area (Å²) in [5.41, 5.74) is 8.63. The highest BCUT2D eigenvalue weighted by Gasteiger charge is 2.31.